The maximum atomic E-state index is 10.2. The average Bonchev–Trinajstić information content (AvgIpc) is 1.59. The quantitative estimate of drug-likeness (QED) is 0.453. The van der Waals surface area contributed by atoms with Gasteiger partial charge in [-0.05, 0) is 6.08 Å². The average molecular weight is 143 g/mol. The van der Waals surface area contributed by atoms with Gasteiger partial charge in [0.05, 0.1) is 8.07 Å². The Morgan fingerprint density at radius 1 is 1.44 bits per heavy atom. The Morgan fingerprint density at radius 3 is 2.00 bits per heavy atom. The fourth-order valence-electron chi connectivity index (χ4n) is 0.332. The molecule has 0 atom stereocenters. The molecular weight excluding hydrogens is 130 g/mol. The van der Waals surface area contributed by atoms with Crippen LogP contribution in [0.4, 0.5) is 0 Å². The molecule has 0 fully saturated rings. The van der Waals surface area contributed by atoms with Gasteiger partial charge in [0.1, 0.15) is 0 Å². The van der Waals surface area contributed by atoms with Crippen LogP contribution in [0.25, 0.3) is 0 Å². The van der Waals surface area contributed by atoms with Gasteiger partial charge in [-0.2, -0.15) is 0 Å². The van der Waals surface area contributed by atoms with E-state index < -0.39 is 8.07 Å². The molecule has 0 aliphatic carbocycles. The highest BCUT2D eigenvalue weighted by molar-refractivity contribution is 6.81. The molecule has 1 amide bonds. The van der Waals surface area contributed by atoms with E-state index in [4.69, 9.17) is 5.73 Å². The lowest BCUT2D eigenvalue weighted by Crippen LogP contribution is -2.17. The summed E-state index contributed by atoms with van der Waals surface area (Å²) in [5.74, 6) is -0.350. The van der Waals surface area contributed by atoms with Crippen LogP contribution < -0.4 is 5.73 Å². The van der Waals surface area contributed by atoms with Crippen LogP contribution in [0.1, 0.15) is 0 Å². The molecule has 0 spiro atoms. The van der Waals surface area contributed by atoms with Crippen LogP contribution in [-0.4, -0.2) is 14.0 Å². The summed E-state index contributed by atoms with van der Waals surface area (Å²) in [5, 5.41) is 0. The third-order valence-electron chi connectivity index (χ3n) is 0.748. The number of amides is 1. The lowest BCUT2D eigenvalue weighted by atomic mass is 10.6. The molecule has 2 N–H and O–H groups in total. The number of nitrogens with two attached hydrogens (primary N) is 1. The standard InChI is InChI=1S/C6H13NOSi/c1-9(2,3)5-4-6(7)8/h4-5H,1-3H3,(H2,7,8). The van der Waals surface area contributed by atoms with Crippen molar-refractivity contribution in [2.45, 2.75) is 19.6 Å². The highest BCUT2D eigenvalue weighted by atomic mass is 28.3. The van der Waals surface area contributed by atoms with Crippen LogP contribution in [0.5, 0.6) is 0 Å². The van der Waals surface area contributed by atoms with Gasteiger partial charge in [-0.15, -0.1) is 0 Å². The van der Waals surface area contributed by atoms with Gasteiger partial charge < -0.3 is 5.73 Å². The van der Waals surface area contributed by atoms with Crippen LogP contribution in [0.3, 0.4) is 0 Å². The maximum absolute atomic E-state index is 10.2. The van der Waals surface area contributed by atoms with E-state index in [1.807, 2.05) is 5.70 Å². The van der Waals surface area contributed by atoms with E-state index in [0.29, 0.717) is 0 Å². The van der Waals surface area contributed by atoms with Gasteiger partial charge in [-0.1, -0.05) is 25.3 Å². The zero-order valence-electron chi connectivity index (χ0n) is 6.14. The summed E-state index contributed by atoms with van der Waals surface area (Å²) < 4.78 is 0. The predicted octanol–water partition coefficient (Wildman–Crippen LogP) is 0.905. The van der Waals surface area contributed by atoms with Gasteiger partial charge in [0.2, 0.25) is 5.91 Å². The van der Waals surface area contributed by atoms with Gasteiger partial charge in [0.15, 0.2) is 0 Å². The Balaban J connectivity index is 3.86. The second kappa shape index (κ2) is 2.82. The molecule has 3 heteroatoms. The van der Waals surface area contributed by atoms with Crippen LogP contribution in [0, 0.1) is 0 Å². The van der Waals surface area contributed by atoms with Gasteiger partial charge in [0.25, 0.3) is 0 Å². The molecule has 0 aromatic rings. The Hall–Kier alpha value is -0.573. The van der Waals surface area contributed by atoms with Crippen molar-refractivity contribution in [2.24, 2.45) is 5.73 Å². The maximum Gasteiger partial charge on any atom is 0.240 e. The first-order valence-corrected chi connectivity index (χ1v) is 6.48. The second-order valence-electron chi connectivity index (χ2n) is 3.10. The smallest absolute Gasteiger partial charge is 0.240 e. The second-order valence-corrected chi connectivity index (χ2v) is 8.17. The molecule has 0 bridgehead atoms. The fourth-order valence-corrected chi connectivity index (χ4v) is 0.996. The zero-order chi connectivity index (χ0) is 7.49. The van der Waals surface area contributed by atoms with E-state index in [9.17, 15) is 4.79 Å². The van der Waals surface area contributed by atoms with E-state index >= 15 is 0 Å². The lowest BCUT2D eigenvalue weighted by Gasteiger charge is -2.06. The molecule has 0 saturated heterocycles. The first-order valence-electron chi connectivity index (χ1n) is 2.90. The van der Waals surface area contributed by atoms with E-state index in [2.05, 4.69) is 19.6 Å². The highest BCUT2D eigenvalue weighted by Crippen LogP contribution is 2.00. The molecule has 9 heavy (non-hydrogen) atoms. The molecule has 2 nitrogen and oxygen atoms in total. The summed E-state index contributed by atoms with van der Waals surface area (Å²) in [6.45, 7) is 6.44. The number of carbonyl (C=O) groups is 1. The minimum Gasteiger partial charge on any atom is -0.366 e. The monoisotopic (exact) mass is 143 g/mol. The number of hydrogen-bond donors (Lipinski definition) is 1. The largest absolute Gasteiger partial charge is 0.366 e. The summed E-state index contributed by atoms with van der Waals surface area (Å²) in [7, 11) is -1.20. The highest BCUT2D eigenvalue weighted by Gasteiger charge is 2.06. The van der Waals surface area contributed by atoms with Crippen LogP contribution in [0.2, 0.25) is 19.6 Å². The molecule has 0 saturated carbocycles. The summed E-state index contributed by atoms with van der Waals surface area (Å²) >= 11 is 0. The Kier molecular flexibility index (Phi) is 2.64. The van der Waals surface area contributed by atoms with E-state index in [0.717, 1.165) is 0 Å². The van der Waals surface area contributed by atoms with Crippen molar-refractivity contribution in [1.29, 1.82) is 0 Å². The minimum atomic E-state index is -1.20. The first kappa shape index (κ1) is 8.43. The molecule has 52 valence electrons. The van der Waals surface area contributed by atoms with E-state index in [1.54, 1.807) is 0 Å². The van der Waals surface area contributed by atoms with Crippen molar-refractivity contribution in [2.75, 3.05) is 0 Å². The molecule has 0 unspecified atom stereocenters. The first-order chi connectivity index (χ1) is 3.92. The van der Waals surface area contributed by atoms with Crippen molar-refractivity contribution in [3.8, 4) is 0 Å². The Bertz CT molecular complexity index is 134. The molecule has 0 rings (SSSR count). The van der Waals surface area contributed by atoms with Crippen molar-refractivity contribution < 1.29 is 4.79 Å². The van der Waals surface area contributed by atoms with Crippen molar-refractivity contribution in [3.05, 3.63) is 11.8 Å². The van der Waals surface area contributed by atoms with Crippen molar-refractivity contribution in [1.82, 2.24) is 0 Å². The summed E-state index contributed by atoms with van der Waals surface area (Å²) in [5.41, 5.74) is 6.82. The number of rotatable bonds is 2. The minimum absolute atomic E-state index is 0.350. The molecular formula is C6H13NOSi. The molecule has 0 aromatic carbocycles. The number of hydrogen-bond acceptors (Lipinski definition) is 1. The molecule has 0 aromatic heterocycles. The normalized spacial score (nSPS) is 12.3. The van der Waals surface area contributed by atoms with E-state index in [-0.39, 0.29) is 5.91 Å². The van der Waals surface area contributed by atoms with Gasteiger partial charge >= 0.3 is 0 Å². The number of primary amides is 1. The summed E-state index contributed by atoms with van der Waals surface area (Å²) in [6, 6.07) is 0. The Labute approximate surface area is 56.8 Å². The third kappa shape index (κ3) is 7.43. The van der Waals surface area contributed by atoms with Gasteiger partial charge in [-0.3, -0.25) is 4.79 Å². The Morgan fingerprint density at radius 2 is 1.89 bits per heavy atom. The predicted molar refractivity (Wildman–Crippen MR) is 41.7 cm³/mol. The van der Waals surface area contributed by atoms with Crippen LogP contribution >= 0.6 is 0 Å². The SMILES string of the molecule is C[Si](C)(C)C=CC(N)=O. The molecule has 0 radical (unpaired) electrons. The lowest BCUT2D eigenvalue weighted by molar-refractivity contribution is -0.113. The summed E-state index contributed by atoms with van der Waals surface area (Å²) in [4.78, 5) is 10.2. The van der Waals surface area contributed by atoms with Gasteiger partial charge in [0, 0.05) is 0 Å². The van der Waals surface area contributed by atoms with Crippen molar-refractivity contribution >= 4 is 14.0 Å². The molecule has 0 aliphatic heterocycles. The topological polar surface area (TPSA) is 43.1 Å². The zero-order valence-corrected chi connectivity index (χ0v) is 7.14. The third-order valence-corrected chi connectivity index (χ3v) is 1.91. The molecule has 0 heterocycles. The van der Waals surface area contributed by atoms with Crippen LogP contribution in [-0.2, 0) is 4.79 Å². The fraction of sp³-hybridized carbons (Fsp3) is 0.500. The number of carbonyl (C=O) groups excluding carboxylic acids is 1. The van der Waals surface area contributed by atoms with Gasteiger partial charge in [-0.25, -0.2) is 0 Å². The van der Waals surface area contributed by atoms with Crippen molar-refractivity contribution in [3.63, 3.8) is 0 Å². The van der Waals surface area contributed by atoms with Crippen LogP contribution in [0.15, 0.2) is 11.8 Å². The summed E-state index contributed by atoms with van der Waals surface area (Å²) in [6.07, 6.45) is 1.45. The molecule has 0 aliphatic rings. The van der Waals surface area contributed by atoms with E-state index in [1.165, 1.54) is 6.08 Å².